The molecular formula is C29H40N6O2S. The van der Waals surface area contributed by atoms with Gasteiger partial charge in [0.2, 0.25) is 0 Å². The molecule has 3 unspecified atom stereocenters. The third-order valence-corrected chi connectivity index (χ3v) is 9.81. The summed E-state index contributed by atoms with van der Waals surface area (Å²) in [6.07, 6.45) is 3.30. The number of hydrogen-bond acceptors (Lipinski definition) is 8. The molecule has 2 aliphatic heterocycles. The number of nitrogens with zero attached hydrogens (tertiary/aromatic N) is 4. The number of anilines is 3. The summed E-state index contributed by atoms with van der Waals surface area (Å²) in [6, 6.07) is 10.5. The van der Waals surface area contributed by atoms with Crippen molar-refractivity contribution >= 4 is 39.0 Å². The molecule has 0 spiro atoms. The van der Waals surface area contributed by atoms with Gasteiger partial charge in [0.25, 0.3) is 0 Å². The van der Waals surface area contributed by atoms with Crippen molar-refractivity contribution in [2.75, 3.05) is 35.6 Å². The van der Waals surface area contributed by atoms with E-state index < -0.39 is 16.4 Å². The lowest BCUT2D eigenvalue weighted by molar-refractivity contribution is -0.0467. The molecule has 2 aromatic heterocycles. The van der Waals surface area contributed by atoms with Crippen molar-refractivity contribution in [3.8, 4) is 0 Å². The van der Waals surface area contributed by atoms with E-state index in [-0.39, 0.29) is 23.1 Å². The minimum Gasteiger partial charge on any atom is -0.381 e. The van der Waals surface area contributed by atoms with Gasteiger partial charge in [0.05, 0.1) is 0 Å². The number of benzene rings is 1. The molecule has 2 fully saturated rings. The van der Waals surface area contributed by atoms with Crippen LogP contribution in [0.1, 0.15) is 64.8 Å². The average Bonchev–Trinajstić information content (AvgIpc) is 2.88. The maximum atomic E-state index is 12.7. The number of fused-ring (bicyclic) bond motifs is 1. The van der Waals surface area contributed by atoms with Gasteiger partial charge in [0.15, 0.2) is 5.82 Å². The lowest BCUT2D eigenvalue weighted by Crippen LogP contribution is -2.51. The van der Waals surface area contributed by atoms with Gasteiger partial charge in [0, 0.05) is 64.0 Å². The predicted octanol–water partition coefficient (Wildman–Crippen LogP) is 4.44. The van der Waals surface area contributed by atoms with E-state index >= 15 is 0 Å². The van der Waals surface area contributed by atoms with Crippen molar-refractivity contribution < 1.29 is 9.32 Å². The van der Waals surface area contributed by atoms with E-state index in [1.165, 1.54) is 0 Å². The molecule has 5 rings (SSSR count). The van der Waals surface area contributed by atoms with Gasteiger partial charge in [-0.05, 0) is 36.8 Å². The largest absolute Gasteiger partial charge is 0.381 e. The molecule has 9 heteroatoms. The van der Waals surface area contributed by atoms with Crippen LogP contribution < -0.4 is 15.5 Å². The third kappa shape index (κ3) is 5.03. The normalized spacial score (nSPS) is 24.6. The van der Waals surface area contributed by atoms with Crippen LogP contribution in [0.5, 0.6) is 0 Å². The first-order valence-corrected chi connectivity index (χ1v) is 15.2. The maximum Gasteiger partial charge on any atom is 0.162 e. The van der Waals surface area contributed by atoms with Crippen molar-refractivity contribution in [1.82, 2.24) is 20.3 Å². The molecule has 4 atom stereocenters. The predicted molar refractivity (Wildman–Crippen MR) is 156 cm³/mol. The third-order valence-electron chi connectivity index (χ3n) is 8.04. The number of pyridine rings is 1. The van der Waals surface area contributed by atoms with Crippen LogP contribution in [-0.4, -0.2) is 60.9 Å². The Hall–Kier alpha value is -2.62. The van der Waals surface area contributed by atoms with E-state index in [1.54, 1.807) is 6.20 Å². The summed E-state index contributed by atoms with van der Waals surface area (Å²) in [6.45, 7) is 12.8. The summed E-state index contributed by atoms with van der Waals surface area (Å²) < 4.78 is 12.7. The van der Waals surface area contributed by atoms with Gasteiger partial charge in [-0.3, -0.25) is 4.21 Å². The second-order valence-corrected chi connectivity index (χ2v) is 13.3. The Morgan fingerprint density at radius 3 is 2.61 bits per heavy atom. The Bertz CT molecular complexity index is 1330. The molecule has 1 aromatic carbocycles. The Morgan fingerprint density at radius 1 is 1.18 bits per heavy atom. The topological polar surface area (TPSA) is 103 Å². The summed E-state index contributed by atoms with van der Waals surface area (Å²) in [5.74, 6) is 3.63. The molecule has 0 saturated carbocycles. The van der Waals surface area contributed by atoms with Gasteiger partial charge in [-0.2, -0.15) is 0 Å². The van der Waals surface area contributed by atoms with Crippen LogP contribution in [-0.2, 0) is 16.4 Å². The standard InChI is InChI=1S/C29H40N6O2S/c1-18(2)25-22-8-6-7-9-23(22)27(35-15-11-21(35)17-38(37)19(3)4)34-26(25)32-24-10-13-31-28(33-24)29(36)12-14-30-16-20(29)5/h6-10,13,18-21,30,36H,11-12,14-17H2,1-5H3,(H,31,32,33,34)/t20?,21-,29?,38?/m1/s1. The molecule has 4 heterocycles. The zero-order chi connectivity index (χ0) is 27.0. The molecule has 0 aliphatic carbocycles. The van der Waals surface area contributed by atoms with Gasteiger partial charge >= 0.3 is 0 Å². The fourth-order valence-electron chi connectivity index (χ4n) is 5.54. The summed E-state index contributed by atoms with van der Waals surface area (Å²) in [4.78, 5) is 16.8. The number of piperidine rings is 1. The number of aliphatic hydroxyl groups is 1. The van der Waals surface area contributed by atoms with E-state index in [9.17, 15) is 9.32 Å². The Labute approximate surface area is 228 Å². The second kappa shape index (κ2) is 10.9. The molecule has 0 amide bonds. The van der Waals surface area contributed by atoms with Crippen molar-refractivity contribution in [3.05, 3.63) is 47.9 Å². The van der Waals surface area contributed by atoms with Crippen molar-refractivity contribution in [2.45, 2.75) is 70.3 Å². The van der Waals surface area contributed by atoms with Crippen molar-refractivity contribution in [3.63, 3.8) is 0 Å². The summed E-state index contributed by atoms with van der Waals surface area (Å²) in [7, 11) is -0.870. The highest BCUT2D eigenvalue weighted by molar-refractivity contribution is 7.85. The number of rotatable bonds is 8. The maximum absolute atomic E-state index is 12.7. The van der Waals surface area contributed by atoms with Crippen LogP contribution in [0.15, 0.2) is 36.5 Å². The lowest BCUT2D eigenvalue weighted by Gasteiger charge is -2.43. The van der Waals surface area contributed by atoms with Crippen molar-refractivity contribution in [2.24, 2.45) is 5.92 Å². The second-order valence-electron chi connectivity index (χ2n) is 11.3. The first-order chi connectivity index (χ1) is 18.2. The van der Waals surface area contributed by atoms with E-state index in [1.807, 2.05) is 26.8 Å². The summed E-state index contributed by atoms with van der Waals surface area (Å²) >= 11 is 0. The van der Waals surface area contributed by atoms with Crippen LogP contribution >= 0.6 is 0 Å². The first-order valence-electron chi connectivity index (χ1n) is 13.8. The fourth-order valence-corrected chi connectivity index (χ4v) is 6.65. The zero-order valence-corrected chi connectivity index (χ0v) is 23.9. The lowest BCUT2D eigenvalue weighted by atomic mass is 9.82. The molecule has 0 bridgehead atoms. The molecular weight excluding hydrogens is 496 g/mol. The van der Waals surface area contributed by atoms with Gasteiger partial charge in [-0.25, -0.2) is 15.0 Å². The van der Waals surface area contributed by atoms with Gasteiger partial charge in [0.1, 0.15) is 23.1 Å². The highest BCUT2D eigenvalue weighted by atomic mass is 32.2. The van der Waals surface area contributed by atoms with Crippen LogP contribution in [0.2, 0.25) is 0 Å². The zero-order valence-electron chi connectivity index (χ0n) is 23.1. The van der Waals surface area contributed by atoms with E-state index in [0.717, 1.165) is 54.0 Å². The minimum absolute atomic E-state index is 0.00265. The molecule has 204 valence electrons. The molecule has 2 aliphatic rings. The van der Waals surface area contributed by atoms with Crippen LogP contribution in [0, 0.1) is 5.92 Å². The molecule has 8 nitrogen and oxygen atoms in total. The molecule has 3 N–H and O–H groups in total. The van der Waals surface area contributed by atoms with E-state index in [0.29, 0.717) is 23.8 Å². The van der Waals surface area contributed by atoms with Crippen LogP contribution in [0.4, 0.5) is 17.5 Å². The summed E-state index contributed by atoms with van der Waals surface area (Å²) in [5.41, 5.74) is 0.0594. The van der Waals surface area contributed by atoms with Crippen LogP contribution in [0.3, 0.4) is 0 Å². The number of hydrogen-bond donors (Lipinski definition) is 3. The molecule has 2 saturated heterocycles. The molecule has 0 radical (unpaired) electrons. The molecule has 38 heavy (non-hydrogen) atoms. The number of nitrogens with one attached hydrogen (secondary N) is 2. The van der Waals surface area contributed by atoms with Gasteiger partial charge in [-0.15, -0.1) is 0 Å². The highest BCUT2D eigenvalue weighted by Gasteiger charge is 2.40. The van der Waals surface area contributed by atoms with E-state index in [2.05, 4.69) is 58.6 Å². The van der Waals surface area contributed by atoms with Gasteiger partial charge < -0.3 is 20.6 Å². The van der Waals surface area contributed by atoms with Gasteiger partial charge in [-0.1, -0.05) is 58.9 Å². The summed E-state index contributed by atoms with van der Waals surface area (Å²) in [5, 5.41) is 20.7. The minimum atomic E-state index is -1.07. The van der Waals surface area contributed by atoms with E-state index in [4.69, 9.17) is 9.97 Å². The number of aromatic nitrogens is 3. The molecule has 3 aromatic rings. The fraction of sp³-hybridized carbons (Fsp3) is 0.552. The smallest absolute Gasteiger partial charge is 0.162 e. The van der Waals surface area contributed by atoms with Crippen molar-refractivity contribution in [1.29, 1.82) is 0 Å². The Kier molecular flexibility index (Phi) is 7.71. The van der Waals surface area contributed by atoms with Crippen LogP contribution in [0.25, 0.3) is 10.8 Å². The Balaban J connectivity index is 1.55. The Morgan fingerprint density at radius 2 is 1.95 bits per heavy atom. The monoisotopic (exact) mass is 536 g/mol. The quantitative estimate of drug-likeness (QED) is 0.388. The first kappa shape index (κ1) is 27.0. The highest BCUT2D eigenvalue weighted by Crippen LogP contribution is 2.40. The SMILES string of the molecule is CC(C)c1c(Nc2ccnc(C3(O)CCNCC3C)n2)nc(N2CC[C@@H]2CS(=O)C(C)C)c2ccccc12. The average molecular weight is 537 g/mol.